The van der Waals surface area contributed by atoms with Gasteiger partial charge in [0.2, 0.25) is 0 Å². The molecule has 0 aliphatic heterocycles. The van der Waals surface area contributed by atoms with Crippen molar-refractivity contribution in [2.45, 2.75) is 19.3 Å². The van der Waals surface area contributed by atoms with E-state index in [2.05, 4.69) is 158 Å². The largest absolute Gasteiger partial charge is 0.456 e. The molecule has 0 fully saturated rings. The zero-order chi connectivity index (χ0) is 42.5. The minimum Gasteiger partial charge on any atom is -0.456 e. The summed E-state index contributed by atoms with van der Waals surface area (Å²) in [5.41, 5.74) is 14.1. The number of anilines is 3. The Kier molecular flexibility index (Phi) is 7.85. The fourth-order valence-electron chi connectivity index (χ4n) is 10.0. The predicted octanol–water partition coefficient (Wildman–Crippen LogP) is 15.6. The minimum atomic E-state index is -0.106. The van der Waals surface area contributed by atoms with Gasteiger partial charge in [-0.15, -0.1) is 0 Å². The van der Waals surface area contributed by atoms with E-state index in [1.807, 2.05) is 54.6 Å². The molecule has 0 atom stereocenters. The van der Waals surface area contributed by atoms with Crippen LogP contribution in [0.1, 0.15) is 25.0 Å². The molecule has 0 unspecified atom stereocenters. The highest BCUT2D eigenvalue weighted by Gasteiger charge is 2.35. The zero-order valence-electron chi connectivity index (χ0n) is 35.1. The summed E-state index contributed by atoms with van der Waals surface area (Å²) in [5, 5.41) is 6.29. The molecule has 0 bridgehead atoms. The van der Waals surface area contributed by atoms with Crippen LogP contribution < -0.4 is 4.90 Å². The summed E-state index contributed by atoms with van der Waals surface area (Å²) in [6.45, 7) is 4.64. The van der Waals surface area contributed by atoms with Gasteiger partial charge in [-0.05, 0) is 87.6 Å². The summed E-state index contributed by atoms with van der Waals surface area (Å²) in [6.07, 6.45) is 0. The van der Waals surface area contributed by atoms with Gasteiger partial charge in [0.05, 0.1) is 0 Å². The summed E-state index contributed by atoms with van der Waals surface area (Å²) in [7, 11) is 0. The number of para-hydroxylation sites is 1. The first-order valence-electron chi connectivity index (χ1n) is 21.7. The summed E-state index contributed by atoms with van der Waals surface area (Å²) in [6, 6.07) is 67.8. The maximum atomic E-state index is 6.82. The van der Waals surface area contributed by atoms with Crippen LogP contribution in [0.5, 0.6) is 0 Å². The van der Waals surface area contributed by atoms with Crippen molar-refractivity contribution in [3.05, 3.63) is 205 Å². The van der Waals surface area contributed by atoms with E-state index >= 15 is 0 Å². The topological polar surface area (TPSA) is 68.2 Å². The number of benzene rings is 9. The quantitative estimate of drug-likeness (QED) is 0.166. The molecule has 0 spiro atoms. The van der Waals surface area contributed by atoms with Gasteiger partial charge in [-0.1, -0.05) is 147 Å². The Morgan fingerprint density at radius 1 is 0.375 bits per heavy atom. The van der Waals surface area contributed by atoms with Crippen LogP contribution in [-0.4, -0.2) is 15.0 Å². The molecule has 64 heavy (non-hydrogen) atoms. The predicted molar refractivity (Wildman–Crippen MR) is 260 cm³/mol. The van der Waals surface area contributed by atoms with Gasteiger partial charge in [-0.3, -0.25) is 0 Å². The number of fused-ring (bicyclic) bond motifs is 10. The van der Waals surface area contributed by atoms with Crippen molar-refractivity contribution in [3.8, 4) is 45.3 Å². The molecule has 9 aromatic carbocycles. The lowest BCUT2D eigenvalue weighted by atomic mass is 9.82. The number of hydrogen-bond donors (Lipinski definition) is 0. The lowest BCUT2D eigenvalue weighted by Gasteiger charge is -2.27. The van der Waals surface area contributed by atoms with Crippen LogP contribution in [-0.2, 0) is 5.41 Å². The first-order chi connectivity index (χ1) is 31.5. The highest BCUT2D eigenvalue weighted by Crippen LogP contribution is 2.51. The monoisotopic (exact) mass is 822 g/mol. The van der Waals surface area contributed by atoms with E-state index in [1.54, 1.807) is 0 Å². The molecule has 6 heteroatoms. The molecule has 6 nitrogen and oxygen atoms in total. The van der Waals surface area contributed by atoms with Crippen molar-refractivity contribution < 1.29 is 8.83 Å². The first kappa shape index (κ1) is 36.3. The second kappa shape index (κ2) is 13.8. The highest BCUT2D eigenvalue weighted by atomic mass is 16.3. The van der Waals surface area contributed by atoms with Crippen LogP contribution in [0.4, 0.5) is 17.1 Å². The van der Waals surface area contributed by atoms with Crippen molar-refractivity contribution in [1.82, 2.24) is 15.0 Å². The lowest BCUT2D eigenvalue weighted by Crippen LogP contribution is -2.15. The standard InChI is InChI=1S/C58H38N4O2/c1-58(2)48-23-10-8-19-41(48)46-32-37(27-30-49(46)58)62(38-28-31-51-47(33-38)42-20-9-11-24-50(42)63-51)39-26-29-44-53(34-39)64-52-25-13-22-45(54(44)52)57-60-55(36-15-4-3-5-16-36)59-56(61-57)43-21-12-17-35-14-6-7-18-40(35)43/h3-34H,1-2H3. The number of hydrogen-bond acceptors (Lipinski definition) is 6. The van der Waals surface area contributed by atoms with Crippen LogP contribution in [0.2, 0.25) is 0 Å². The van der Waals surface area contributed by atoms with E-state index in [4.69, 9.17) is 23.8 Å². The van der Waals surface area contributed by atoms with Gasteiger partial charge in [-0.25, -0.2) is 15.0 Å². The van der Waals surface area contributed by atoms with Crippen molar-refractivity contribution in [3.63, 3.8) is 0 Å². The molecule has 0 saturated carbocycles. The van der Waals surface area contributed by atoms with E-state index in [1.165, 1.54) is 22.3 Å². The van der Waals surface area contributed by atoms with Crippen molar-refractivity contribution in [1.29, 1.82) is 0 Å². The second-order valence-electron chi connectivity index (χ2n) is 17.2. The number of rotatable bonds is 6. The summed E-state index contributed by atoms with van der Waals surface area (Å²) >= 11 is 0. The Morgan fingerprint density at radius 3 is 1.88 bits per heavy atom. The molecule has 0 saturated heterocycles. The molecule has 12 aromatic rings. The zero-order valence-corrected chi connectivity index (χ0v) is 35.1. The second-order valence-corrected chi connectivity index (χ2v) is 17.2. The molecule has 3 aromatic heterocycles. The Morgan fingerprint density at radius 2 is 0.969 bits per heavy atom. The molecule has 13 rings (SSSR count). The van der Waals surface area contributed by atoms with E-state index < -0.39 is 0 Å². The molecule has 3 heterocycles. The third-order valence-electron chi connectivity index (χ3n) is 13.1. The van der Waals surface area contributed by atoms with Crippen molar-refractivity contribution >= 4 is 71.7 Å². The highest BCUT2D eigenvalue weighted by molar-refractivity contribution is 6.13. The summed E-state index contributed by atoms with van der Waals surface area (Å²) in [5.74, 6) is 1.81. The maximum absolute atomic E-state index is 6.82. The van der Waals surface area contributed by atoms with Crippen LogP contribution in [0.15, 0.2) is 203 Å². The molecule has 0 amide bonds. The smallest absolute Gasteiger partial charge is 0.164 e. The first-order valence-corrected chi connectivity index (χ1v) is 21.7. The molecule has 0 radical (unpaired) electrons. The average molecular weight is 823 g/mol. The minimum absolute atomic E-state index is 0.106. The van der Waals surface area contributed by atoms with Crippen LogP contribution in [0.3, 0.4) is 0 Å². The summed E-state index contributed by atoms with van der Waals surface area (Å²) < 4.78 is 13.1. The van der Waals surface area contributed by atoms with Crippen molar-refractivity contribution in [2.24, 2.45) is 0 Å². The molecule has 1 aliphatic rings. The van der Waals surface area contributed by atoms with Gasteiger partial charge in [0.1, 0.15) is 22.3 Å². The average Bonchev–Trinajstić information content (AvgIpc) is 3.98. The van der Waals surface area contributed by atoms with E-state index in [0.29, 0.717) is 17.5 Å². The fourth-order valence-corrected chi connectivity index (χ4v) is 10.0. The fraction of sp³-hybridized carbons (Fsp3) is 0.0517. The Hall–Kier alpha value is -8.35. The number of nitrogens with zero attached hydrogens (tertiary/aromatic N) is 4. The third-order valence-corrected chi connectivity index (χ3v) is 13.1. The van der Waals surface area contributed by atoms with Gasteiger partial charge in [0.25, 0.3) is 0 Å². The number of furan rings is 2. The Bertz CT molecular complexity index is 3840. The van der Waals surface area contributed by atoms with E-state index in [-0.39, 0.29) is 5.41 Å². The molecular formula is C58H38N4O2. The van der Waals surface area contributed by atoms with Crippen molar-refractivity contribution in [2.75, 3.05) is 4.90 Å². The van der Waals surface area contributed by atoms with Crippen LogP contribution in [0.25, 0.3) is 99.9 Å². The molecule has 0 N–H and O–H groups in total. The molecule has 1 aliphatic carbocycles. The molecule has 302 valence electrons. The number of aromatic nitrogens is 3. The van der Waals surface area contributed by atoms with E-state index in [9.17, 15) is 0 Å². The van der Waals surface area contributed by atoms with Gasteiger partial charge >= 0.3 is 0 Å². The normalized spacial score (nSPS) is 13.0. The SMILES string of the molecule is CC1(C)c2ccccc2-c2cc(N(c3ccc4c(c3)oc3cccc(-c5nc(-c6ccccc6)nc(-c6cccc7ccccc67)n5)c34)c3ccc4oc5ccccc5c4c3)ccc21. The Balaban J connectivity index is 1.00. The van der Waals surface area contributed by atoms with Gasteiger partial charge in [0, 0.05) is 66.8 Å². The Labute approximate surface area is 368 Å². The maximum Gasteiger partial charge on any atom is 0.164 e. The van der Waals surface area contributed by atoms with Crippen LogP contribution >= 0.6 is 0 Å². The van der Waals surface area contributed by atoms with E-state index in [0.717, 1.165) is 88.4 Å². The van der Waals surface area contributed by atoms with Gasteiger partial charge in [0.15, 0.2) is 17.5 Å². The third kappa shape index (κ3) is 5.55. The van der Waals surface area contributed by atoms with Gasteiger partial charge < -0.3 is 13.7 Å². The summed E-state index contributed by atoms with van der Waals surface area (Å²) in [4.78, 5) is 17.8. The lowest BCUT2D eigenvalue weighted by molar-refractivity contribution is 0.660. The molecular weight excluding hydrogens is 785 g/mol. The van der Waals surface area contributed by atoms with Crippen LogP contribution in [0, 0.1) is 0 Å². The van der Waals surface area contributed by atoms with Gasteiger partial charge in [-0.2, -0.15) is 0 Å².